The Morgan fingerprint density at radius 1 is 1.28 bits per heavy atom. The second-order valence-electron chi connectivity index (χ2n) is 6.36. The molecule has 1 aromatic carbocycles. The maximum atomic E-state index is 12.6. The number of nitrogens with zero attached hydrogens (tertiary/aromatic N) is 3. The number of anilines is 1. The van der Waals surface area contributed by atoms with Gasteiger partial charge in [-0.1, -0.05) is 30.3 Å². The van der Waals surface area contributed by atoms with Crippen LogP contribution in [0.5, 0.6) is 0 Å². The van der Waals surface area contributed by atoms with E-state index in [0.717, 1.165) is 5.56 Å². The van der Waals surface area contributed by atoms with E-state index in [4.69, 9.17) is 0 Å². The third-order valence-electron chi connectivity index (χ3n) is 4.49. The molecule has 0 atom stereocenters. The number of carbonyl (C=O) groups is 2. The summed E-state index contributed by atoms with van der Waals surface area (Å²) < 4.78 is 0. The lowest BCUT2D eigenvalue weighted by molar-refractivity contribution is -0.121. The molecular formula is C18H23N5O2. The Morgan fingerprint density at radius 3 is 2.64 bits per heavy atom. The molecule has 1 aliphatic heterocycles. The topological polar surface area (TPSA) is 81.3 Å². The van der Waals surface area contributed by atoms with Crippen molar-refractivity contribution in [3.05, 3.63) is 48.3 Å². The molecule has 7 nitrogen and oxygen atoms in total. The zero-order valence-corrected chi connectivity index (χ0v) is 14.3. The average molecular weight is 341 g/mol. The highest BCUT2D eigenvalue weighted by Gasteiger charge is 2.28. The van der Waals surface area contributed by atoms with Crippen LogP contribution in [0, 0.1) is 5.92 Å². The number of aromatic amines is 1. The smallest absolute Gasteiger partial charge is 0.320 e. The van der Waals surface area contributed by atoms with E-state index in [1.807, 2.05) is 42.3 Å². The predicted molar refractivity (Wildman–Crippen MR) is 94.8 cm³/mol. The van der Waals surface area contributed by atoms with Gasteiger partial charge in [-0.15, -0.1) is 0 Å². The van der Waals surface area contributed by atoms with Crippen molar-refractivity contribution < 1.29 is 9.59 Å². The van der Waals surface area contributed by atoms with E-state index in [0.29, 0.717) is 38.2 Å². The van der Waals surface area contributed by atoms with Crippen molar-refractivity contribution in [2.24, 2.45) is 5.92 Å². The number of hydrogen-bond acceptors (Lipinski definition) is 3. The van der Waals surface area contributed by atoms with Crippen LogP contribution in [0.4, 0.5) is 10.5 Å². The highest BCUT2D eigenvalue weighted by molar-refractivity contribution is 5.92. The van der Waals surface area contributed by atoms with Crippen molar-refractivity contribution >= 4 is 17.6 Å². The number of H-pyrrole nitrogens is 1. The van der Waals surface area contributed by atoms with E-state index in [1.54, 1.807) is 17.3 Å². The minimum absolute atomic E-state index is 0.00820. The molecule has 25 heavy (non-hydrogen) atoms. The van der Waals surface area contributed by atoms with Crippen LogP contribution in [-0.4, -0.2) is 52.1 Å². The summed E-state index contributed by atoms with van der Waals surface area (Å²) in [4.78, 5) is 28.4. The quantitative estimate of drug-likeness (QED) is 0.895. The zero-order chi connectivity index (χ0) is 17.6. The first-order valence-electron chi connectivity index (χ1n) is 8.47. The molecule has 1 fully saturated rings. The molecule has 7 heteroatoms. The van der Waals surface area contributed by atoms with E-state index < -0.39 is 0 Å². The van der Waals surface area contributed by atoms with Gasteiger partial charge < -0.3 is 15.1 Å². The van der Waals surface area contributed by atoms with Crippen molar-refractivity contribution in [3.8, 4) is 0 Å². The normalized spacial score (nSPS) is 15.0. The van der Waals surface area contributed by atoms with Crippen LogP contribution in [0.15, 0.2) is 42.7 Å². The van der Waals surface area contributed by atoms with Crippen molar-refractivity contribution in [1.82, 2.24) is 20.0 Å². The Hall–Kier alpha value is -2.83. The fourth-order valence-corrected chi connectivity index (χ4v) is 3.06. The summed E-state index contributed by atoms with van der Waals surface area (Å²) in [7, 11) is 1.81. The first-order chi connectivity index (χ1) is 12.1. The van der Waals surface area contributed by atoms with Crippen LogP contribution in [0.1, 0.15) is 18.4 Å². The Balaban J connectivity index is 1.48. The summed E-state index contributed by atoms with van der Waals surface area (Å²) in [6, 6.07) is 9.93. The van der Waals surface area contributed by atoms with Gasteiger partial charge in [0.15, 0.2) is 0 Å². The number of urea groups is 1. The number of amides is 3. The number of piperidine rings is 1. The summed E-state index contributed by atoms with van der Waals surface area (Å²) in [5.41, 5.74) is 1.78. The van der Waals surface area contributed by atoms with Crippen LogP contribution < -0.4 is 5.32 Å². The third-order valence-corrected chi connectivity index (χ3v) is 4.49. The maximum Gasteiger partial charge on any atom is 0.320 e. The predicted octanol–water partition coefficient (Wildman–Crippen LogP) is 2.31. The maximum absolute atomic E-state index is 12.6. The molecule has 1 aliphatic rings. The highest BCUT2D eigenvalue weighted by Crippen LogP contribution is 2.20. The summed E-state index contributed by atoms with van der Waals surface area (Å²) in [5.74, 6) is -0.0791. The van der Waals surface area contributed by atoms with Crippen LogP contribution in [-0.2, 0) is 11.3 Å². The summed E-state index contributed by atoms with van der Waals surface area (Å²) >= 11 is 0. The van der Waals surface area contributed by atoms with Crippen LogP contribution >= 0.6 is 0 Å². The molecule has 3 amide bonds. The molecule has 0 aliphatic carbocycles. The van der Waals surface area contributed by atoms with Gasteiger partial charge in [0.05, 0.1) is 11.9 Å². The Kier molecular flexibility index (Phi) is 5.33. The Morgan fingerprint density at radius 2 is 2.00 bits per heavy atom. The molecule has 0 bridgehead atoms. The molecule has 0 unspecified atom stereocenters. The van der Waals surface area contributed by atoms with Gasteiger partial charge in [-0.2, -0.15) is 5.10 Å². The summed E-state index contributed by atoms with van der Waals surface area (Å²) in [5, 5.41) is 9.33. The van der Waals surface area contributed by atoms with Gasteiger partial charge in [0.25, 0.3) is 0 Å². The fourth-order valence-electron chi connectivity index (χ4n) is 3.06. The van der Waals surface area contributed by atoms with Crippen molar-refractivity contribution in [2.75, 3.05) is 25.5 Å². The van der Waals surface area contributed by atoms with E-state index in [-0.39, 0.29) is 17.9 Å². The van der Waals surface area contributed by atoms with E-state index in [9.17, 15) is 9.59 Å². The number of likely N-dealkylation sites (tertiary alicyclic amines) is 1. The lowest BCUT2D eigenvalue weighted by atomic mass is 9.96. The molecule has 3 rings (SSSR count). The molecule has 1 aromatic heterocycles. The number of hydrogen-bond donors (Lipinski definition) is 2. The molecule has 2 N–H and O–H groups in total. The number of rotatable bonds is 4. The van der Waals surface area contributed by atoms with Gasteiger partial charge >= 0.3 is 6.03 Å². The molecule has 2 aromatic rings. The third kappa shape index (κ3) is 4.37. The molecule has 0 saturated carbocycles. The first kappa shape index (κ1) is 17.0. The van der Waals surface area contributed by atoms with Gasteiger partial charge in [-0.3, -0.25) is 9.89 Å². The Bertz CT molecular complexity index is 694. The van der Waals surface area contributed by atoms with Gasteiger partial charge in [0.1, 0.15) is 0 Å². The fraction of sp³-hybridized carbons (Fsp3) is 0.389. The summed E-state index contributed by atoms with van der Waals surface area (Å²) in [6.07, 6.45) is 4.58. The lowest BCUT2D eigenvalue weighted by Gasteiger charge is -2.34. The van der Waals surface area contributed by atoms with Crippen molar-refractivity contribution in [1.29, 1.82) is 0 Å². The van der Waals surface area contributed by atoms with Crippen molar-refractivity contribution in [2.45, 2.75) is 19.4 Å². The van der Waals surface area contributed by atoms with Crippen LogP contribution in [0.25, 0.3) is 0 Å². The van der Waals surface area contributed by atoms with E-state index in [1.165, 1.54) is 0 Å². The monoisotopic (exact) mass is 341 g/mol. The van der Waals surface area contributed by atoms with E-state index in [2.05, 4.69) is 15.5 Å². The first-order valence-corrected chi connectivity index (χ1v) is 8.47. The number of benzene rings is 1. The standard InChI is InChI=1S/C18H23N5O2/c1-22(13-14-5-3-2-4-6-14)18(25)23-9-7-15(8-10-23)17(24)21-16-11-19-20-12-16/h2-6,11-12,15H,7-10,13H2,1H3,(H,19,20)(H,21,24). The zero-order valence-electron chi connectivity index (χ0n) is 14.3. The van der Waals surface area contributed by atoms with Gasteiger partial charge in [0, 0.05) is 38.8 Å². The van der Waals surface area contributed by atoms with Gasteiger partial charge in [-0.05, 0) is 18.4 Å². The number of nitrogens with one attached hydrogen (secondary N) is 2. The second kappa shape index (κ2) is 7.83. The SMILES string of the molecule is CN(Cc1ccccc1)C(=O)N1CCC(C(=O)Nc2cn[nH]c2)CC1. The number of aromatic nitrogens is 2. The molecule has 0 radical (unpaired) electrons. The lowest BCUT2D eigenvalue weighted by Crippen LogP contribution is -2.46. The minimum atomic E-state index is -0.0709. The highest BCUT2D eigenvalue weighted by atomic mass is 16.2. The molecule has 0 spiro atoms. The number of carbonyl (C=O) groups excluding carboxylic acids is 2. The molecule has 132 valence electrons. The van der Waals surface area contributed by atoms with Crippen molar-refractivity contribution in [3.63, 3.8) is 0 Å². The summed E-state index contributed by atoms with van der Waals surface area (Å²) in [6.45, 7) is 1.78. The van der Waals surface area contributed by atoms with Crippen LogP contribution in [0.3, 0.4) is 0 Å². The van der Waals surface area contributed by atoms with E-state index >= 15 is 0 Å². The molecular weight excluding hydrogens is 318 g/mol. The van der Waals surface area contributed by atoms with Crippen LogP contribution in [0.2, 0.25) is 0 Å². The Labute approximate surface area is 147 Å². The van der Waals surface area contributed by atoms with Gasteiger partial charge in [-0.25, -0.2) is 4.79 Å². The molecule has 2 heterocycles. The largest absolute Gasteiger partial charge is 0.325 e. The molecule has 1 saturated heterocycles. The minimum Gasteiger partial charge on any atom is -0.325 e. The van der Waals surface area contributed by atoms with Gasteiger partial charge in [0.2, 0.25) is 5.91 Å². The second-order valence-corrected chi connectivity index (χ2v) is 6.36. The average Bonchev–Trinajstić information content (AvgIpc) is 3.15.